The molecule has 1 unspecified atom stereocenters. The molecule has 0 saturated carbocycles. The number of benzene rings is 1. The molecule has 106 valence electrons. The molecule has 4 heteroatoms. The molecule has 0 aliphatic carbocycles. The fourth-order valence-electron chi connectivity index (χ4n) is 3.32. The Labute approximate surface area is 123 Å². The van der Waals surface area contributed by atoms with E-state index < -0.39 is 0 Å². The average molecular weight is 292 g/mol. The number of fused-ring (bicyclic) bond motifs is 3. The Kier molecular flexibility index (Phi) is 3.90. The van der Waals surface area contributed by atoms with E-state index in [0.29, 0.717) is 29.2 Å². The van der Waals surface area contributed by atoms with E-state index in [0.717, 1.165) is 25.9 Å². The van der Waals surface area contributed by atoms with Crippen LogP contribution in [0.5, 0.6) is 0 Å². The van der Waals surface area contributed by atoms with Crippen molar-refractivity contribution in [3.63, 3.8) is 0 Å². The van der Waals surface area contributed by atoms with Crippen LogP contribution in [-0.4, -0.2) is 35.6 Å². The van der Waals surface area contributed by atoms with Crippen LogP contribution in [0.25, 0.3) is 0 Å². The Morgan fingerprint density at radius 2 is 1.85 bits per heavy atom. The monoisotopic (exact) mass is 291 g/mol. The molecule has 3 fully saturated rings. The highest BCUT2D eigenvalue weighted by molar-refractivity contribution is 6.30. The van der Waals surface area contributed by atoms with E-state index in [-0.39, 0.29) is 17.7 Å². The first-order chi connectivity index (χ1) is 9.65. The first-order valence-corrected chi connectivity index (χ1v) is 7.59. The molecule has 3 heterocycles. The molecular formula is C16H18ClNO2. The standard InChI is InChI=1S/C16H18ClNO2/c17-13-3-1-11(2-4-13)15(19)6-5-14-16(20)12-7-9-18(14)10-8-12/h1-4,12,14H,5-10H2. The summed E-state index contributed by atoms with van der Waals surface area (Å²) in [4.78, 5) is 26.6. The number of halogens is 1. The lowest BCUT2D eigenvalue weighted by Crippen LogP contribution is -2.55. The molecule has 3 nitrogen and oxygen atoms in total. The molecule has 1 aromatic rings. The van der Waals surface area contributed by atoms with Gasteiger partial charge in [0.2, 0.25) is 0 Å². The van der Waals surface area contributed by atoms with Gasteiger partial charge in [-0.15, -0.1) is 0 Å². The van der Waals surface area contributed by atoms with Crippen LogP contribution in [0.1, 0.15) is 36.0 Å². The highest BCUT2D eigenvalue weighted by atomic mass is 35.5. The molecule has 0 N–H and O–H groups in total. The number of carbonyl (C=O) groups is 2. The summed E-state index contributed by atoms with van der Waals surface area (Å²) < 4.78 is 0. The summed E-state index contributed by atoms with van der Waals surface area (Å²) in [5.74, 6) is 0.694. The Bertz CT molecular complexity index is 518. The SMILES string of the molecule is O=C(CCC1C(=O)C2CCN1CC2)c1ccc(Cl)cc1. The Balaban J connectivity index is 1.60. The quantitative estimate of drug-likeness (QED) is 0.801. The zero-order valence-corrected chi connectivity index (χ0v) is 12.1. The second-order valence-electron chi connectivity index (χ2n) is 5.70. The maximum atomic E-state index is 12.2. The maximum absolute atomic E-state index is 12.2. The molecule has 0 aromatic heterocycles. The van der Waals surface area contributed by atoms with Crippen molar-refractivity contribution in [2.75, 3.05) is 13.1 Å². The molecule has 1 atom stereocenters. The number of Topliss-reactive ketones (excluding diaryl/α,β-unsaturated/α-hetero) is 2. The van der Waals surface area contributed by atoms with Crippen molar-refractivity contribution in [2.24, 2.45) is 5.92 Å². The van der Waals surface area contributed by atoms with Gasteiger partial charge in [-0.25, -0.2) is 0 Å². The van der Waals surface area contributed by atoms with E-state index in [1.54, 1.807) is 24.3 Å². The lowest BCUT2D eigenvalue weighted by Gasteiger charge is -2.44. The van der Waals surface area contributed by atoms with Crippen LogP contribution in [0.15, 0.2) is 24.3 Å². The summed E-state index contributed by atoms with van der Waals surface area (Å²) in [7, 11) is 0. The smallest absolute Gasteiger partial charge is 0.162 e. The Morgan fingerprint density at radius 1 is 1.20 bits per heavy atom. The van der Waals surface area contributed by atoms with Crippen molar-refractivity contribution < 1.29 is 9.59 Å². The summed E-state index contributed by atoms with van der Waals surface area (Å²) in [6.45, 7) is 2.02. The second kappa shape index (κ2) is 5.66. The predicted molar refractivity (Wildman–Crippen MR) is 78.1 cm³/mol. The van der Waals surface area contributed by atoms with Gasteiger partial charge in [-0.3, -0.25) is 14.5 Å². The summed E-state index contributed by atoms with van der Waals surface area (Å²) in [5, 5.41) is 0.632. The van der Waals surface area contributed by atoms with Gasteiger partial charge < -0.3 is 0 Å². The van der Waals surface area contributed by atoms with E-state index in [4.69, 9.17) is 11.6 Å². The van der Waals surface area contributed by atoms with Crippen molar-refractivity contribution in [2.45, 2.75) is 31.7 Å². The number of piperidine rings is 3. The lowest BCUT2D eigenvalue weighted by atomic mass is 9.80. The molecule has 20 heavy (non-hydrogen) atoms. The first-order valence-electron chi connectivity index (χ1n) is 7.21. The first kappa shape index (κ1) is 13.8. The summed E-state index contributed by atoms with van der Waals surface area (Å²) >= 11 is 5.81. The van der Waals surface area contributed by atoms with Gasteiger partial charge >= 0.3 is 0 Å². The van der Waals surface area contributed by atoms with E-state index in [1.165, 1.54) is 0 Å². The minimum Gasteiger partial charge on any atom is -0.298 e. The van der Waals surface area contributed by atoms with Crippen LogP contribution >= 0.6 is 11.6 Å². The summed E-state index contributed by atoms with van der Waals surface area (Å²) in [6, 6.07) is 6.93. The maximum Gasteiger partial charge on any atom is 0.162 e. The molecule has 3 aliphatic rings. The number of nitrogens with zero attached hydrogens (tertiary/aromatic N) is 1. The number of hydrogen-bond donors (Lipinski definition) is 0. The minimum atomic E-state index is -0.0289. The normalized spacial score (nSPS) is 28.6. The highest BCUT2D eigenvalue weighted by Crippen LogP contribution is 2.31. The Hall–Kier alpha value is -1.19. The Morgan fingerprint density at radius 3 is 2.45 bits per heavy atom. The molecule has 4 rings (SSSR count). The van der Waals surface area contributed by atoms with Crippen LogP contribution in [0.2, 0.25) is 5.02 Å². The highest BCUT2D eigenvalue weighted by Gasteiger charge is 2.40. The lowest BCUT2D eigenvalue weighted by molar-refractivity contribution is -0.137. The number of hydrogen-bond acceptors (Lipinski definition) is 3. The fourth-order valence-corrected chi connectivity index (χ4v) is 3.45. The van der Waals surface area contributed by atoms with Crippen molar-refractivity contribution in [3.8, 4) is 0 Å². The van der Waals surface area contributed by atoms with Crippen LogP contribution in [0, 0.1) is 5.92 Å². The van der Waals surface area contributed by atoms with Crippen LogP contribution in [0.3, 0.4) is 0 Å². The predicted octanol–water partition coefficient (Wildman–Crippen LogP) is 2.97. The molecule has 1 aromatic carbocycles. The largest absolute Gasteiger partial charge is 0.298 e. The molecular weight excluding hydrogens is 274 g/mol. The van der Waals surface area contributed by atoms with Crippen LogP contribution in [-0.2, 0) is 4.79 Å². The molecule has 3 saturated heterocycles. The molecule has 2 bridgehead atoms. The third-order valence-corrected chi connectivity index (χ3v) is 4.76. The molecule has 3 aliphatic heterocycles. The van der Waals surface area contributed by atoms with E-state index in [2.05, 4.69) is 4.90 Å². The van der Waals surface area contributed by atoms with E-state index >= 15 is 0 Å². The minimum absolute atomic E-state index is 0.0289. The van der Waals surface area contributed by atoms with Gasteiger partial charge in [0.25, 0.3) is 0 Å². The van der Waals surface area contributed by atoms with Crippen molar-refractivity contribution >= 4 is 23.2 Å². The van der Waals surface area contributed by atoms with Gasteiger partial charge in [0.05, 0.1) is 6.04 Å². The van der Waals surface area contributed by atoms with Gasteiger partial charge in [-0.1, -0.05) is 11.6 Å². The summed E-state index contributed by atoms with van der Waals surface area (Å²) in [6.07, 6.45) is 3.08. The number of ketones is 2. The topological polar surface area (TPSA) is 37.4 Å². The fraction of sp³-hybridized carbons (Fsp3) is 0.500. The van der Waals surface area contributed by atoms with Gasteiger partial charge in [0, 0.05) is 22.9 Å². The molecule has 0 spiro atoms. The number of carbonyl (C=O) groups excluding carboxylic acids is 2. The zero-order chi connectivity index (χ0) is 14.1. The van der Waals surface area contributed by atoms with Crippen molar-refractivity contribution in [1.29, 1.82) is 0 Å². The number of rotatable bonds is 4. The van der Waals surface area contributed by atoms with Gasteiger partial charge in [0.1, 0.15) is 0 Å². The average Bonchev–Trinajstić information content (AvgIpc) is 2.48. The van der Waals surface area contributed by atoms with E-state index in [1.807, 2.05) is 0 Å². The van der Waals surface area contributed by atoms with Crippen molar-refractivity contribution in [1.82, 2.24) is 4.90 Å². The van der Waals surface area contributed by atoms with Crippen molar-refractivity contribution in [3.05, 3.63) is 34.9 Å². The van der Waals surface area contributed by atoms with Gasteiger partial charge in [-0.05, 0) is 56.6 Å². The second-order valence-corrected chi connectivity index (χ2v) is 6.13. The van der Waals surface area contributed by atoms with E-state index in [9.17, 15) is 9.59 Å². The third kappa shape index (κ3) is 2.65. The zero-order valence-electron chi connectivity index (χ0n) is 11.3. The molecule has 0 radical (unpaired) electrons. The van der Waals surface area contributed by atoms with Gasteiger partial charge in [0.15, 0.2) is 11.6 Å². The van der Waals surface area contributed by atoms with Crippen LogP contribution in [0.4, 0.5) is 0 Å². The summed E-state index contributed by atoms with van der Waals surface area (Å²) in [5.41, 5.74) is 0.679. The van der Waals surface area contributed by atoms with Crippen LogP contribution < -0.4 is 0 Å². The van der Waals surface area contributed by atoms with Gasteiger partial charge in [-0.2, -0.15) is 0 Å². The molecule has 0 amide bonds. The third-order valence-electron chi connectivity index (χ3n) is 4.51.